The highest BCUT2D eigenvalue weighted by atomic mass is 79.9. The van der Waals surface area contributed by atoms with Gasteiger partial charge in [-0.15, -0.1) is 0 Å². The van der Waals surface area contributed by atoms with Crippen LogP contribution in [0.25, 0.3) is 0 Å². The van der Waals surface area contributed by atoms with Gasteiger partial charge in [0.25, 0.3) is 11.6 Å². The fourth-order valence-electron chi connectivity index (χ4n) is 2.80. The van der Waals surface area contributed by atoms with Gasteiger partial charge < -0.3 is 14.9 Å². The first-order chi connectivity index (χ1) is 12.0. The van der Waals surface area contributed by atoms with Crippen molar-refractivity contribution in [2.75, 3.05) is 31.1 Å². The molecule has 0 unspecified atom stereocenters. The van der Waals surface area contributed by atoms with E-state index in [1.807, 2.05) is 12.1 Å². The van der Waals surface area contributed by atoms with Crippen molar-refractivity contribution in [3.05, 3.63) is 62.6 Å². The van der Waals surface area contributed by atoms with Gasteiger partial charge in [-0.1, -0.05) is 0 Å². The number of carbonyl (C=O) groups is 1. The lowest BCUT2D eigenvalue weighted by molar-refractivity contribution is -0.385. The molecule has 1 saturated heterocycles. The number of piperazine rings is 1. The lowest BCUT2D eigenvalue weighted by Gasteiger charge is -2.36. The number of nitro groups is 1. The molecule has 1 amide bonds. The van der Waals surface area contributed by atoms with Crippen molar-refractivity contribution in [2.45, 2.75) is 0 Å². The van der Waals surface area contributed by atoms with E-state index in [2.05, 4.69) is 20.8 Å². The van der Waals surface area contributed by atoms with Gasteiger partial charge in [-0.3, -0.25) is 14.9 Å². The van der Waals surface area contributed by atoms with Crippen molar-refractivity contribution >= 4 is 33.2 Å². The predicted molar refractivity (Wildman–Crippen MR) is 97.0 cm³/mol. The van der Waals surface area contributed by atoms with Crippen LogP contribution in [-0.4, -0.2) is 47.0 Å². The lowest BCUT2D eigenvalue weighted by atomic mass is 10.1. The van der Waals surface area contributed by atoms with Crippen molar-refractivity contribution in [2.24, 2.45) is 0 Å². The maximum Gasteiger partial charge on any atom is 0.284 e. The second kappa shape index (κ2) is 7.10. The van der Waals surface area contributed by atoms with Crippen molar-refractivity contribution in [3.63, 3.8) is 0 Å². The average Bonchev–Trinajstić information content (AvgIpc) is 2.62. The summed E-state index contributed by atoms with van der Waals surface area (Å²) in [5.74, 6) is 0.00959. The Morgan fingerprint density at radius 2 is 1.72 bits per heavy atom. The Kier molecular flexibility index (Phi) is 4.89. The van der Waals surface area contributed by atoms with E-state index in [0.29, 0.717) is 36.2 Å². The van der Waals surface area contributed by atoms with Gasteiger partial charge >= 0.3 is 0 Å². The third kappa shape index (κ3) is 3.74. The molecule has 1 N–H and O–H groups in total. The number of hydrogen-bond donors (Lipinski definition) is 1. The molecule has 2 aromatic carbocycles. The zero-order chi connectivity index (χ0) is 18.0. The summed E-state index contributed by atoms with van der Waals surface area (Å²) < 4.78 is 0.353. The van der Waals surface area contributed by atoms with Crippen molar-refractivity contribution < 1.29 is 14.8 Å². The van der Waals surface area contributed by atoms with Crippen LogP contribution in [0.4, 0.5) is 11.4 Å². The quantitative estimate of drug-likeness (QED) is 0.626. The van der Waals surface area contributed by atoms with Crippen molar-refractivity contribution in [1.29, 1.82) is 0 Å². The van der Waals surface area contributed by atoms with Crippen LogP contribution in [0.15, 0.2) is 46.9 Å². The van der Waals surface area contributed by atoms with Gasteiger partial charge in [0.05, 0.1) is 9.40 Å². The molecule has 0 atom stereocenters. The van der Waals surface area contributed by atoms with Crippen LogP contribution < -0.4 is 4.90 Å². The number of nitro benzene ring substituents is 1. The molecule has 2 aromatic rings. The van der Waals surface area contributed by atoms with Gasteiger partial charge in [0.15, 0.2) is 0 Å². The summed E-state index contributed by atoms with van der Waals surface area (Å²) in [6.45, 7) is 2.39. The molecule has 3 rings (SSSR count). The molecule has 1 aliphatic rings. The van der Waals surface area contributed by atoms with Gasteiger partial charge in [0.2, 0.25) is 0 Å². The van der Waals surface area contributed by atoms with Crippen LogP contribution in [0.3, 0.4) is 0 Å². The molecular formula is C17H16BrN3O4. The largest absolute Gasteiger partial charge is 0.508 e. The number of phenols is 1. The fraction of sp³-hybridized carbons (Fsp3) is 0.235. The molecule has 130 valence electrons. The topological polar surface area (TPSA) is 86.9 Å². The Morgan fingerprint density at radius 3 is 2.32 bits per heavy atom. The van der Waals surface area contributed by atoms with Crippen LogP contribution in [-0.2, 0) is 0 Å². The summed E-state index contributed by atoms with van der Waals surface area (Å²) in [5.41, 5.74) is 1.19. The van der Waals surface area contributed by atoms with Crippen molar-refractivity contribution in [3.8, 4) is 5.75 Å². The highest BCUT2D eigenvalue weighted by Gasteiger charge is 2.24. The summed E-state index contributed by atoms with van der Waals surface area (Å²) >= 11 is 3.12. The minimum Gasteiger partial charge on any atom is -0.508 e. The number of anilines is 1. The number of hydrogen-bond acceptors (Lipinski definition) is 5. The predicted octanol–water partition coefficient (Wildman–Crippen LogP) is 3.03. The van der Waals surface area contributed by atoms with Crippen molar-refractivity contribution in [1.82, 2.24) is 4.90 Å². The van der Waals surface area contributed by atoms with Gasteiger partial charge in [0.1, 0.15) is 5.75 Å². The fourth-order valence-corrected chi connectivity index (χ4v) is 3.19. The van der Waals surface area contributed by atoms with Gasteiger partial charge in [0, 0.05) is 43.5 Å². The number of amides is 1. The second-order valence-electron chi connectivity index (χ2n) is 5.72. The third-order valence-electron chi connectivity index (χ3n) is 4.17. The van der Waals surface area contributed by atoms with Crippen LogP contribution in [0.2, 0.25) is 0 Å². The molecule has 7 nitrogen and oxygen atoms in total. The van der Waals surface area contributed by atoms with E-state index in [9.17, 15) is 20.0 Å². The SMILES string of the molecule is O=C(c1ccc(Br)c([N+](=O)[O-])c1)N1CCN(c2ccc(O)cc2)CC1. The Morgan fingerprint density at radius 1 is 1.08 bits per heavy atom. The molecular weight excluding hydrogens is 390 g/mol. The molecule has 0 spiro atoms. The molecule has 1 fully saturated rings. The highest BCUT2D eigenvalue weighted by Crippen LogP contribution is 2.26. The Labute approximate surface area is 152 Å². The van der Waals surface area contributed by atoms with Crippen LogP contribution in [0, 0.1) is 10.1 Å². The average molecular weight is 406 g/mol. The van der Waals surface area contributed by atoms with E-state index in [4.69, 9.17) is 0 Å². The Bertz CT molecular complexity index is 802. The number of carbonyl (C=O) groups excluding carboxylic acids is 1. The van der Waals surface area contributed by atoms with Crippen LogP contribution in [0.5, 0.6) is 5.75 Å². The first kappa shape index (κ1) is 17.2. The van der Waals surface area contributed by atoms with Crippen LogP contribution >= 0.6 is 15.9 Å². The molecule has 0 aliphatic carbocycles. The van der Waals surface area contributed by atoms with E-state index < -0.39 is 4.92 Å². The van der Waals surface area contributed by atoms with Crippen LogP contribution in [0.1, 0.15) is 10.4 Å². The maximum atomic E-state index is 12.6. The molecule has 8 heteroatoms. The van der Waals surface area contributed by atoms with E-state index in [-0.39, 0.29) is 17.3 Å². The molecule has 0 radical (unpaired) electrons. The molecule has 0 saturated carbocycles. The summed E-state index contributed by atoms with van der Waals surface area (Å²) in [4.78, 5) is 27.0. The number of benzene rings is 2. The van der Waals surface area contributed by atoms with E-state index >= 15 is 0 Å². The van der Waals surface area contributed by atoms with E-state index in [0.717, 1.165) is 5.69 Å². The highest BCUT2D eigenvalue weighted by molar-refractivity contribution is 9.10. The molecule has 0 aromatic heterocycles. The van der Waals surface area contributed by atoms with Gasteiger partial charge in [-0.05, 0) is 52.3 Å². The normalized spacial score (nSPS) is 14.4. The molecule has 25 heavy (non-hydrogen) atoms. The number of phenolic OH excluding ortho intramolecular Hbond substituents is 1. The number of aromatic hydroxyl groups is 1. The lowest BCUT2D eigenvalue weighted by Crippen LogP contribution is -2.48. The Hall–Kier alpha value is -2.61. The molecule has 1 heterocycles. The second-order valence-corrected chi connectivity index (χ2v) is 6.57. The summed E-state index contributed by atoms with van der Waals surface area (Å²) in [7, 11) is 0. The monoisotopic (exact) mass is 405 g/mol. The summed E-state index contributed by atoms with van der Waals surface area (Å²) in [5, 5.41) is 20.4. The number of rotatable bonds is 3. The first-order valence-electron chi connectivity index (χ1n) is 7.73. The van der Waals surface area contributed by atoms with E-state index in [1.54, 1.807) is 23.1 Å². The number of nitrogens with zero attached hydrogens (tertiary/aromatic N) is 3. The number of halogens is 1. The zero-order valence-corrected chi connectivity index (χ0v) is 14.8. The standard InChI is InChI=1S/C17H16BrN3O4/c18-15-6-1-12(11-16(15)21(24)25)17(23)20-9-7-19(8-10-20)13-2-4-14(22)5-3-13/h1-6,11,22H,7-10H2. The minimum absolute atomic E-state index is 0.117. The smallest absolute Gasteiger partial charge is 0.284 e. The maximum absolute atomic E-state index is 12.6. The van der Waals surface area contributed by atoms with E-state index in [1.165, 1.54) is 12.1 Å². The zero-order valence-electron chi connectivity index (χ0n) is 13.3. The first-order valence-corrected chi connectivity index (χ1v) is 8.52. The summed E-state index contributed by atoms with van der Waals surface area (Å²) in [6.07, 6.45) is 0. The third-order valence-corrected chi connectivity index (χ3v) is 4.84. The van der Waals surface area contributed by atoms with Gasteiger partial charge in [-0.2, -0.15) is 0 Å². The Balaban J connectivity index is 1.68. The molecule has 1 aliphatic heterocycles. The molecule has 0 bridgehead atoms. The minimum atomic E-state index is -0.510. The van der Waals surface area contributed by atoms with Gasteiger partial charge in [-0.25, -0.2) is 0 Å². The summed E-state index contributed by atoms with van der Waals surface area (Å²) in [6, 6.07) is 11.4.